The zero-order chi connectivity index (χ0) is 19.7. The minimum atomic E-state index is -1.02. The van der Waals surface area contributed by atoms with Crippen molar-refractivity contribution in [2.75, 3.05) is 0 Å². The van der Waals surface area contributed by atoms with Gasteiger partial charge in [0, 0.05) is 26.1 Å². The van der Waals surface area contributed by atoms with E-state index in [-0.39, 0.29) is 18.7 Å². The SMILES string of the molecule is Cn1nccc1C1=NN(C(=O)CCC(=O)O)C(c2cnc3ccccc3n2)C1. The topological polar surface area (TPSA) is 114 Å². The molecule has 1 N–H and O–H groups in total. The third-order valence-corrected chi connectivity index (χ3v) is 4.64. The number of amides is 1. The number of aryl methyl sites for hydroxylation is 1. The molecule has 4 rings (SSSR count). The summed E-state index contributed by atoms with van der Waals surface area (Å²) >= 11 is 0. The third-order valence-electron chi connectivity index (χ3n) is 4.64. The van der Waals surface area contributed by atoms with E-state index >= 15 is 0 Å². The Morgan fingerprint density at radius 1 is 1.18 bits per heavy atom. The summed E-state index contributed by atoms with van der Waals surface area (Å²) in [7, 11) is 1.80. The highest BCUT2D eigenvalue weighted by molar-refractivity contribution is 6.02. The van der Waals surface area contributed by atoms with E-state index in [0.717, 1.165) is 16.7 Å². The average molecular weight is 378 g/mol. The number of carbonyl (C=O) groups excluding carboxylic acids is 1. The first-order valence-electron chi connectivity index (χ1n) is 8.84. The van der Waals surface area contributed by atoms with E-state index in [1.807, 2.05) is 30.3 Å². The molecule has 1 aliphatic rings. The number of hydrogen-bond donors (Lipinski definition) is 1. The van der Waals surface area contributed by atoms with Crippen molar-refractivity contribution < 1.29 is 14.7 Å². The van der Waals surface area contributed by atoms with Crippen molar-refractivity contribution in [3.8, 4) is 0 Å². The number of hydrazone groups is 1. The molecule has 3 aromatic rings. The van der Waals surface area contributed by atoms with E-state index in [1.54, 1.807) is 24.1 Å². The maximum Gasteiger partial charge on any atom is 0.303 e. The van der Waals surface area contributed by atoms with E-state index in [0.29, 0.717) is 17.8 Å². The van der Waals surface area contributed by atoms with Crippen molar-refractivity contribution in [2.24, 2.45) is 12.1 Å². The zero-order valence-corrected chi connectivity index (χ0v) is 15.2. The molecule has 142 valence electrons. The van der Waals surface area contributed by atoms with Crippen LogP contribution in [0.5, 0.6) is 0 Å². The molecule has 0 fully saturated rings. The second-order valence-corrected chi connectivity index (χ2v) is 6.52. The van der Waals surface area contributed by atoms with Crippen LogP contribution in [0.4, 0.5) is 0 Å². The Bertz CT molecular complexity index is 1090. The van der Waals surface area contributed by atoms with Crippen molar-refractivity contribution in [3.05, 3.63) is 54.1 Å². The van der Waals surface area contributed by atoms with Crippen molar-refractivity contribution >= 4 is 28.6 Å². The van der Waals surface area contributed by atoms with Crippen LogP contribution < -0.4 is 0 Å². The van der Waals surface area contributed by atoms with Crippen molar-refractivity contribution in [2.45, 2.75) is 25.3 Å². The normalized spacial score (nSPS) is 16.4. The first kappa shape index (κ1) is 17.8. The van der Waals surface area contributed by atoms with Gasteiger partial charge in [0.05, 0.1) is 40.8 Å². The molecule has 1 amide bonds. The van der Waals surface area contributed by atoms with Gasteiger partial charge in [-0.3, -0.25) is 19.3 Å². The Morgan fingerprint density at radius 2 is 1.96 bits per heavy atom. The number of benzene rings is 1. The zero-order valence-electron chi connectivity index (χ0n) is 15.2. The number of rotatable bonds is 5. The summed E-state index contributed by atoms with van der Waals surface area (Å²) in [6.07, 6.45) is 3.38. The van der Waals surface area contributed by atoms with Crippen LogP contribution in [-0.4, -0.2) is 47.5 Å². The van der Waals surface area contributed by atoms with E-state index in [2.05, 4.69) is 20.2 Å². The smallest absolute Gasteiger partial charge is 0.303 e. The van der Waals surface area contributed by atoms with Gasteiger partial charge in [0.2, 0.25) is 5.91 Å². The molecule has 0 radical (unpaired) electrons. The fraction of sp³-hybridized carbons (Fsp3) is 0.263. The van der Waals surface area contributed by atoms with Crippen LogP contribution in [0.15, 0.2) is 47.8 Å². The van der Waals surface area contributed by atoms with Gasteiger partial charge in [-0.05, 0) is 18.2 Å². The molecule has 1 aliphatic heterocycles. The highest BCUT2D eigenvalue weighted by atomic mass is 16.4. The van der Waals surface area contributed by atoms with Gasteiger partial charge in [-0.25, -0.2) is 9.99 Å². The first-order valence-corrected chi connectivity index (χ1v) is 8.84. The van der Waals surface area contributed by atoms with E-state index in [9.17, 15) is 9.59 Å². The summed E-state index contributed by atoms with van der Waals surface area (Å²) in [4.78, 5) is 32.6. The number of aromatic nitrogens is 4. The number of carboxylic acids is 1. The Labute approximate surface area is 160 Å². The van der Waals surface area contributed by atoms with Crippen LogP contribution in [-0.2, 0) is 16.6 Å². The summed E-state index contributed by atoms with van der Waals surface area (Å²) in [6.45, 7) is 0. The van der Waals surface area contributed by atoms with E-state index in [4.69, 9.17) is 5.11 Å². The molecule has 1 atom stereocenters. The fourth-order valence-electron chi connectivity index (χ4n) is 3.24. The van der Waals surface area contributed by atoms with Crippen molar-refractivity contribution in [1.82, 2.24) is 24.8 Å². The predicted octanol–water partition coefficient (Wildman–Crippen LogP) is 1.91. The van der Waals surface area contributed by atoms with Crippen LogP contribution in [0, 0.1) is 0 Å². The number of aliphatic carboxylic acids is 1. The Morgan fingerprint density at radius 3 is 2.68 bits per heavy atom. The van der Waals surface area contributed by atoms with E-state index in [1.165, 1.54) is 5.01 Å². The highest BCUT2D eigenvalue weighted by Gasteiger charge is 2.35. The average Bonchev–Trinajstić information content (AvgIpc) is 3.32. The second-order valence-electron chi connectivity index (χ2n) is 6.52. The first-order chi connectivity index (χ1) is 13.5. The van der Waals surface area contributed by atoms with Crippen LogP contribution in [0.2, 0.25) is 0 Å². The van der Waals surface area contributed by atoms with Crippen LogP contribution in [0.25, 0.3) is 11.0 Å². The lowest BCUT2D eigenvalue weighted by Crippen LogP contribution is -2.28. The number of para-hydroxylation sites is 2. The minimum Gasteiger partial charge on any atom is -0.481 e. The van der Waals surface area contributed by atoms with Gasteiger partial charge in [0.25, 0.3) is 0 Å². The number of fused-ring (bicyclic) bond motifs is 1. The molecule has 0 saturated carbocycles. The van der Waals surface area contributed by atoms with Crippen LogP contribution in [0.3, 0.4) is 0 Å². The van der Waals surface area contributed by atoms with Gasteiger partial charge in [-0.1, -0.05) is 12.1 Å². The van der Waals surface area contributed by atoms with E-state index < -0.39 is 12.0 Å². The molecule has 0 aliphatic carbocycles. The predicted molar refractivity (Wildman–Crippen MR) is 100 cm³/mol. The summed E-state index contributed by atoms with van der Waals surface area (Å²) in [6, 6.07) is 8.88. The minimum absolute atomic E-state index is 0.130. The maximum atomic E-state index is 12.7. The number of nitrogens with zero attached hydrogens (tertiary/aromatic N) is 6. The number of carboxylic acid groups (broad SMARTS) is 1. The monoisotopic (exact) mass is 378 g/mol. The van der Waals surface area contributed by atoms with Crippen LogP contribution >= 0.6 is 0 Å². The molecule has 9 nitrogen and oxygen atoms in total. The van der Waals surface area contributed by atoms with Gasteiger partial charge in [0.1, 0.15) is 6.04 Å². The Hall–Kier alpha value is -3.62. The molecule has 1 aromatic carbocycles. The van der Waals surface area contributed by atoms with Gasteiger partial charge in [0.15, 0.2) is 0 Å². The molecule has 0 spiro atoms. The van der Waals surface area contributed by atoms with Gasteiger partial charge in [-0.15, -0.1) is 0 Å². The molecule has 1 unspecified atom stereocenters. The lowest BCUT2D eigenvalue weighted by Gasteiger charge is -2.21. The molecule has 28 heavy (non-hydrogen) atoms. The molecular weight excluding hydrogens is 360 g/mol. The third kappa shape index (κ3) is 3.34. The number of carbonyl (C=O) groups is 2. The quantitative estimate of drug-likeness (QED) is 0.725. The number of hydrogen-bond acceptors (Lipinski definition) is 6. The summed E-state index contributed by atoms with van der Waals surface area (Å²) in [5.74, 6) is -1.38. The van der Waals surface area contributed by atoms with Crippen LogP contribution in [0.1, 0.15) is 36.7 Å². The summed E-state index contributed by atoms with van der Waals surface area (Å²) < 4.78 is 1.69. The standard InChI is InChI=1S/C19H18N6O3/c1-24-16(8-9-21-24)14-10-17(25(23-14)18(26)6-7-19(27)28)15-11-20-12-4-2-3-5-13(12)22-15/h2-5,8-9,11,17H,6-7,10H2,1H3,(H,27,28). The molecule has 3 heterocycles. The maximum absolute atomic E-state index is 12.7. The molecule has 2 aromatic heterocycles. The molecular formula is C19H18N6O3. The lowest BCUT2D eigenvalue weighted by molar-refractivity contribution is -0.141. The van der Waals surface area contributed by atoms with Crippen molar-refractivity contribution in [3.63, 3.8) is 0 Å². The van der Waals surface area contributed by atoms with Gasteiger partial charge < -0.3 is 5.11 Å². The lowest BCUT2D eigenvalue weighted by atomic mass is 10.1. The fourth-order valence-corrected chi connectivity index (χ4v) is 3.24. The Kier molecular flexibility index (Phi) is 4.56. The van der Waals surface area contributed by atoms with Gasteiger partial charge in [-0.2, -0.15) is 10.2 Å². The molecule has 9 heteroatoms. The Balaban J connectivity index is 1.69. The largest absolute Gasteiger partial charge is 0.481 e. The second kappa shape index (κ2) is 7.18. The van der Waals surface area contributed by atoms with Crippen molar-refractivity contribution in [1.29, 1.82) is 0 Å². The summed E-state index contributed by atoms with van der Waals surface area (Å²) in [5, 5.41) is 18.9. The molecule has 0 saturated heterocycles. The highest BCUT2D eigenvalue weighted by Crippen LogP contribution is 2.32. The molecule has 0 bridgehead atoms. The van der Waals surface area contributed by atoms with Gasteiger partial charge >= 0.3 is 5.97 Å². The summed E-state index contributed by atoms with van der Waals surface area (Å²) in [5.41, 5.74) is 3.60.